The summed E-state index contributed by atoms with van der Waals surface area (Å²) in [4.78, 5) is 22.7. The van der Waals surface area contributed by atoms with E-state index in [2.05, 4.69) is 0 Å². The molecule has 3 nitrogen and oxygen atoms in total. The third-order valence-corrected chi connectivity index (χ3v) is 3.53. The van der Waals surface area contributed by atoms with Crippen molar-refractivity contribution >= 4 is 11.8 Å². The van der Waals surface area contributed by atoms with Crippen molar-refractivity contribution in [1.82, 2.24) is 0 Å². The fourth-order valence-corrected chi connectivity index (χ4v) is 2.50. The highest BCUT2D eigenvalue weighted by atomic mass is 19.1. The minimum absolute atomic E-state index is 0.0361. The molecule has 18 heavy (non-hydrogen) atoms. The summed E-state index contributed by atoms with van der Waals surface area (Å²) >= 11 is 0. The molecule has 0 heterocycles. The number of rotatable bonds is 4. The van der Waals surface area contributed by atoms with Gasteiger partial charge >= 0.3 is 5.97 Å². The summed E-state index contributed by atoms with van der Waals surface area (Å²) < 4.78 is 12.7. The topological polar surface area (TPSA) is 54.4 Å². The molecule has 1 aliphatic rings. The number of carbonyl (C=O) groups is 2. The van der Waals surface area contributed by atoms with Crippen LogP contribution in [0.5, 0.6) is 0 Å². The average Bonchev–Trinajstić information content (AvgIpc) is 2.78. The number of hydrogen-bond donors (Lipinski definition) is 1. The van der Waals surface area contributed by atoms with Crippen molar-refractivity contribution in [1.29, 1.82) is 0 Å². The molecule has 1 saturated carbocycles. The van der Waals surface area contributed by atoms with Gasteiger partial charge in [0.1, 0.15) is 5.82 Å². The SMILES string of the molecule is O=C(C[C@@H]1CC[C@H](C(=O)O)C1)c1ccc(F)cc1. The third kappa shape index (κ3) is 2.94. The Kier molecular flexibility index (Phi) is 3.75. The van der Waals surface area contributed by atoms with Crippen LogP contribution < -0.4 is 0 Å². The maximum atomic E-state index is 12.7. The minimum Gasteiger partial charge on any atom is -0.481 e. The lowest BCUT2D eigenvalue weighted by Gasteiger charge is -2.08. The summed E-state index contributed by atoms with van der Waals surface area (Å²) in [5, 5.41) is 8.89. The normalized spacial score (nSPS) is 22.9. The van der Waals surface area contributed by atoms with Crippen molar-refractivity contribution in [3.63, 3.8) is 0 Å². The molecular weight excluding hydrogens is 235 g/mol. The van der Waals surface area contributed by atoms with Gasteiger partial charge in [-0.3, -0.25) is 9.59 Å². The number of carboxylic acid groups (broad SMARTS) is 1. The van der Waals surface area contributed by atoms with E-state index in [0.29, 0.717) is 24.8 Å². The van der Waals surface area contributed by atoms with Crippen molar-refractivity contribution in [3.8, 4) is 0 Å². The standard InChI is InChI=1S/C14H15FO3/c15-12-5-3-10(4-6-12)13(16)8-9-1-2-11(7-9)14(17)18/h3-6,9,11H,1-2,7-8H2,(H,17,18)/t9-,11+/m1/s1. The summed E-state index contributed by atoms with van der Waals surface area (Å²) in [6.07, 6.45) is 2.36. The number of benzene rings is 1. The Labute approximate surface area is 105 Å². The van der Waals surface area contributed by atoms with Gasteiger partial charge < -0.3 is 5.11 Å². The minimum atomic E-state index is -0.772. The zero-order valence-electron chi connectivity index (χ0n) is 9.93. The van der Waals surface area contributed by atoms with E-state index < -0.39 is 5.97 Å². The van der Waals surface area contributed by atoms with Crippen LogP contribution in [0, 0.1) is 17.7 Å². The molecule has 1 fully saturated rings. The molecule has 4 heteroatoms. The molecule has 0 saturated heterocycles. The second kappa shape index (κ2) is 5.29. The molecule has 96 valence electrons. The van der Waals surface area contributed by atoms with Gasteiger partial charge in [-0.2, -0.15) is 0 Å². The van der Waals surface area contributed by atoms with Crippen LogP contribution in [0.3, 0.4) is 0 Å². The summed E-state index contributed by atoms with van der Waals surface area (Å²) in [6.45, 7) is 0. The van der Waals surface area contributed by atoms with Crippen LogP contribution in [-0.4, -0.2) is 16.9 Å². The summed E-state index contributed by atoms with van der Waals surface area (Å²) in [6, 6.07) is 5.48. The Balaban J connectivity index is 1.92. The highest BCUT2D eigenvalue weighted by molar-refractivity contribution is 5.96. The van der Waals surface area contributed by atoms with E-state index in [1.165, 1.54) is 24.3 Å². The Hall–Kier alpha value is -1.71. The van der Waals surface area contributed by atoms with Crippen molar-refractivity contribution < 1.29 is 19.1 Å². The number of ketones is 1. The highest BCUT2D eigenvalue weighted by Gasteiger charge is 2.30. The molecule has 2 atom stereocenters. The Morgan fingerprint density at radius 2 is 1.89 bits per heavy atom. The number of Topliss-reactive ketones (excluding diaryl/α,β-unsaturated/α-hetero) is 1. The van der Waals surface area contributed by atoms with Crippen LogP contribution in [0.25, 0.3) is 0 Å². The smallest absolute Gasteiger partial charge is 0.306 e. The van der Waals surface area contributed by atoms with E-state index in [1.807, 2.05) is 0 Å². The molecule has 2 rings (SSSR count). The fourth-order valence-electron chi connectivity index (χ4n) is 2.50. The highest BCUT2D eigenvalue weighted by Crippen LogP contribution is 2.33. The molecule has 0 aliphatic heterocycles. The Morgan fingerprint density at radius 3 is 2.44 bits per heavy atom. The van der Waals surface area contributed by atoms with E-state index in [1.54, 1.807) is 0 Å². The second-order valence-corrected chi connectivity index (χ2v) is 4.85. The van der Waals surface area contributed by atoms with Gasteiger partial charge in [0.2, 0.25) is 0 Å². The van der Waals surface area contributed by atoms with Gasteiger partial charge in [-0.25, -0.2) is 4.39 Å². The van der Waals surface area contributed by atoms with Gasteiger partial charge in [0, 0.05) is 12.0 Å². The summed E-state index contributed by atoms with van der Waals surface area (Å²) in [5.74, 6) is -1.34. The predicted octanol–water partition coefficient (Wildman–Crippen LogP) is 2.90. The third-order valence-electron chi connectivity index (χ3n) is 3.53. The van der Waals surface area contributed by atoms with Gasteiger partial charge in [0.05, 0.1) is 5.92 Å². The molecule has 1 N–H and O–H groups in total. The Bertz CT molecular complexity index is 453. The summed E-state index contributed by atoms with van der Waals surface area (Å²) in [7, 11) is 0. The monoisotopic (exact) mass is 250 g/mol. The number of aliphatic carboxylic acids is 1. The largest absolute Gasteiger partial charge is 0.481 e. The van der Waals surface area contributed by atoms with Crippen molar-refractivity contribution in [3.05, 3.63) is 35.6 Å². The first-order valence-electron chi connectivity index (χ1n) is 6.08. The van der Waals surface area contributed by atoms with Crippen molar-refractivity contribution in [2.24, 2.45) is 11.8 Å². The van der Waals surface area contributed by atoms with Gasteiger partial charge in [0.15, 0.2) is 5.78 Å². The molecule has 0 unspecified atom stereocenters. The van der Waals surface area contributed by atoms with E-state index in [9.17, 15) is 14.0 Å². The molecular formula is C14H15FO3. The first kappa shape index (κ1) is 12.7. The maximum Gasteiger partial charge on any atom is 0.306 e. The number of carbonyl (C=O) groups excluding carboxylic acids is 1. The maximum absolute atomic E-state index is 12.7. The van der Waals surface area contributed by atoms with Crippen LogP contribution in [-0.2, 0) is 4.79 Å². The quantitative estimate of drug-likeness (QED) is 0.836. The fraction of sp³-hybridized carbons (Fsp3) is 0.429. The molecule has 1 aliphatic carbocycles. The molecule has 0 bridgehead atoms. The first-order chi connectivity index (χ1) is 8.56. The van der Waals surface area contributed by atoms with E-state index in [0.717, 1.165) is 6.42 Å². The second-order valence-electron chi connectivity index (χ2n) is 4.85. The zero-order chi connectivity index (χ0) is 13.1. The van der Waals surface area contributed by atoms with E-state index >= 15 is 0 Å². The van der Waals surface area contributed by atoms with E-state index in [-0.39, 0.29) is 23.4 Å². The Morgan fingerprint density at radius 1 is 1.22 bits per heavy atom. The molecule has 1 aromatic rings. The zero-order valence-corrected chi connectivity index (χ0v) is 9.93. The van der Waals surface area contributed by atoms with Crippen LogP contribution in [0.4, 0.5) is 4.39 Å². The molecule has 0 radical (unpaired) electrons. The lowest BCUT2D eigenvalue weighted by atomic mass is 9.96. The number of hydrogen-bond acceptors (Lipinski definition) is 2. The molecule has 1 aromatic carbocycles. The van der Waals surface area contributed by atoms with Crippen LogP contribution in [0.2, 0.25) is 0 Å². The molecule has 0 aromatic heterocycles. The van der Waals surface area contributed by atoms with E-state index in [4.69, 9.17) is 5.11 Å². The molecule has 0 spiro atoms. The van der Waals surface area contributed by atoms with Gasteiger partial charge in [0.25, 0.3) is 0 Å². The van der Waals surface area contributed by atoms with Gasteiger partial charge in [-0.05, 0) is 49.4 Å². The van der Waals surface area contributed by atoms with Crippen molar-refractivity contribution in [2.45, 2.75) is 25.7 Å². The number of carboxylic acids is 1. The van der Waals surface area contributed by atoms with Crippen LogP contribution in [0.15, 0.2) is 24.3 Å². The van der Waals surface area contributed by atoms with Crippen LogP contribution >= 0.6 is 0 Å². The number of halogens is 1. The predicted molar refractivity (Wildman–Crippen MR) is 63.8 cm³/mol. The molecule has 0 amide bonds. The average molecular weight is 250 g/mol. The van der Waals surface area contributed by atoms with Gasteiger partial charge in [-0.15, -0.1) is 0 Å². The lowest BCUT2D eigenvalue weighted by Crippen LogP contribution is -2.11. The first-order valence-corrected chi connectivity index (χ1v) is 6.08. The summed E-state index contributed by atoms with van der Waals surface area (Å²) in [5.41, 5.74) is 0.496. The van der Waals surface area contributed by atoms with Gasteiger partial charge in [-0.1, -0.05) is 0 Å². The van der Waals surface area contributed by atoms with Crippen molar-refractivity contribution in [2.75, 3.05) is 0 Å². The lowest BCUT2D eigenvalue weighted by molar-refractivity contribution is -0.141. The van der Waals surface area contributed by atoms with Crippen LogP contribution in [0.1, 0.15) is 36.0 Å².